The van der Waals surface area contributed by atoms with Crippen molar-refractivity contribution in [1.82, 2.24) is 0 Å². The zero-order chi connectivity index (χ0) is 10.8. The quantitative estimate of drug-likeness (QED) is 0.548. The van der Waals surface area contributed by atoms with Crippen LogP contribution in [0.4, 0.5) is 0 Å². The van der Waals surface area contributed by atoms with Gasteiger partial charge < -0.3 is 0 Å². The summed E-state index contributed by atoms with van der Waals surface area (Å²) in [4.78, 5) is 12.0. The molecule has 2 aromatic rings. The molecule has 0 fully saturated rings. The monoisotopic (exact) mass is 392 g/mol. The van der Waals surface area contributed by atoms with Crippen LogP contribution in [0.5, 0.6) is 0 Å². The fraction of sp³-hybridized carbons (Fsp3) is 0. The Morgan fingerprint density at radius 3 is 2.40 bits per heavy atom. The highest BCUT2D eigenvalue weighted by Gasteiger charge is 2.10. The van der Waals surface area contributed by atoms with E-state index in [1.807, 2.05) is 35.7 Å². The Morgan fingerprint density at radius 2 is 1.87 bits per heavy atom. The fourth-order valence-electron chi connectivity index (χ4n) is 1.20. The first-order valence-electron chi connectivity index (χ1n) is 4.21. The van der Waals surface area contributed by atoms with Crippen molar-refractivity contribution in [3.63, 3.8) is 0 Å². The zero-order valence-electron chi connectivity index (χ0n) is 7.54. The summed E-state index contributed by atoms with van der Waals surface area (Å²) in [6.45, 7) is 0. The van der Waals surface area contributed by atoms with Gasteiger partial charge in [0.05, 0.1) is 2.88 Å². The van der Waals surface area contributed by atoms with Gasteiger partial charge in [0.1, 0.15) is 0 Å². The maximum atomic E-state index is 12.0. The van der Waals surface area contributed by atoms with Crippen molar-refractivity contribution in [1.29, 1.82) is 0 Å². The van der Waals surface area contributed by atoms with E-state index in [2.05, 4.69) is 38.5 Å². The average molecular weight is 393 g/mol. The van der Waals surface area contributed by atoms with E-state index in [4.69, 9.17) is 0 Å². The fourth-order valence-corrected chi connectivity index (χ4v) is 2.79. The number of hydrogen-bond donors (Lipinski definition) is 0. The van der Waals surface area contributed by atoms with Gasteiger partial charge >= 0.3 is 0 Å². The Morgan fingerprint density at radius 1 is 1.20 bits per heavy atom. The summed E-state index contributed by atoms with van der Waals surface area (Å²) in [5.74, 6) is 0.0849. The normalized spacial score (nSPS) is 10.3. The lowest BCUT2D eigenvalue weighted by Crippen LogP contribution is -1.98. The van der Waals surface area contributed by atoms with Crippen LogP contribution in [0.1, 0.15) is 15.9 Å². The van der Waals surface area contributed by atoms with Gasteiger partial charge in [-0.2, -0.15) is 0 Å². The second kappa shape index (κ2) is 4.76. The van der Waals surface area contributed by atoms with Crippen LogP contribution in [0, 0.1) is 2.88 Å². The van der Waals surface area contributed by atoms with Crippen LogP contribution in [0.3, 0.4) is 0 Å². The third-order valence-electron chi connectivity index (χ3n) is 1.94. The number of benzene rings is 1. The van der Waals surface area contributed by atoms with E-state index < -0.39 is 0 Å². The van der Waals surface area contributed by atoms with Crippen LogP contribution in [-0.2, 0) is 0 Å². The number of hydrogen-bond acceptors (Lipinski definition) is 2. The second-order valence-corrected chi connectivity index (χ2v) is 6.70. The maximum Gasteiger partial charge on any atom is 0.193 e. The van der Waals surface area contributed by atoms with E-state index in [-0.39, 0.29) is 5.78 Å². The highest BCUT2D eigenvalue weighted by Crippen LogP contribution is 2.20. The van der Waals surface area contributed by atoms with Gasteiger partial charge in [0.2, 0.25) is 0 Å². The predicted molar refractivity (Wildman–Crippen MR) is 74.6 cm³/mol. The minimum absolute atomic E-state index is 0.0849. The molecule has 4 heteroatoms. The van der Waals surface area contributed by atoms with Crippen molar-refractivity contribution < 1.29 is 4.79 Å². The lowest BCUT2D eigenvalue weighted by molar-refractivity contribution is 0.103. The number of carbonyl (C=O) groups excluding carboxylic acids is 1. The molecule has 0 amide bonds. The van der Waals surface area contributed by atoms with Gasteiger partial charge in [-0.25, -0.2) is 0 Å². The SMILES string of the molecule is O=C(c1ccc(Br)cc1)c1csc(I)c1. The summed E-state index contributed by atoms with van der Waals surface area (Å²) in [6, 6.07) is 9.33. The molecule has 0 aliphatic carbocycles. The molecule has 0 unspecified atom stereocenters. The Balaban J connectivity index is 2.32. The Kier molecular flexibility index (Phi) is 3.58. The predicted octanol–water partition coefficient (Wildman–Crippen LogP) is 4.35. The first-order valence-corrected chi connectivity index (χ1v) is 6.96. The first-order chi connectivity index (χ1) is 7.16. The summed E-state index contributed by atoms with van der Waals surface area (Å²) in [5, 5.41) is 1.89. The Bertz CT molecular complexity index is 490. The van der Waals surface area contributed by atoms with Crippen LogP contribution in [0.2, 0.25) is 0 Å². The van der Waals surface area contributed by atoms with E-state index in [1.165, 1.54) is 0 Å². The van der Waals surface area contributed by atoms with E-state index in [0.29, 0.717) is 0 Å². The molecule has 15 heavy (non-hydrogen) atoms. The van der Waals surface area contributed by atoms with Crippen molar-refractivity contribution in [3.8, 4) is 0 Å². The molecule has 0 N–H and O–H groups in total. The standard InChI is InChI=1S/C11H6BrIOS/c12-9-3-1-7(2-4-9)11(14)8-5-10(13)15-6-8/h1-6H. The smallest absolute Gasteiger partial charge is 0.193 e. The second-order valence-electron chi connectivity index (χ2n) is 2.98. The van der Waals surface area contributed by atoms with Crippen molar-refractivity contribution in [2.24, 2.45) is 0 Å². The minimum Gasteiger partial charge on any atom is -0.289 e. The first kappa shape index (κ1) is 11.3. The Hall–Kier alpha value is -0.200. The molecule has 2 rings (SSSR count). The summed E-state index contributed by atoms with van der Waals surface area (Å²) < 4.78 is 2.12. The third kappa shape index (κ3) is 2.68. The van der Waals surface area contributed by atoms with Crippen molar-refractivity contribution in [2.45, 2.75) is 0 Å². The van der Waals surface area contributed by atoms with E-state index in [9.17, 15) is 4.79 Å². The van der Waals surface area contributed by atoms with Crippen molar-refractivity contribution >= 4 is 55.6 Å². The molecule has 1 nitrogen and oxygen atoms in total. The van der Waals surface area contributed by atoms with E-state index in [1.54, 1.807) is 11.3 Å². The lowest BCUT2D eigenvalue weighted by Gasteiger charge is -1.97. The molecule has 0 spiro atoms. The Labute approximate surface area is 114 Å². The van der Waals surface area contributed by atoms with Gasteiger partial charge in [-0.1, -0.05) is 15.9 Å². The summed E-state index contributed by atoms with van der Waals surface area (Å²) in [5.41, 5.74) is 1.50. The molecule has 76 valence electrons. The number of thiophene rings is 1. The molecular formula is C11H6BrIOS. The van der Waals surface area contributed by atoms with Crippen LogP contribution < -0.4 is 0 Å². The molecule has 1 aromatic heterocycles. The molecule has 0 radical (unpaired) electrons. The molecule has 1 aromatic carbocycles. The van der Waals surface area contributed by atoms with Gasteiger partial charge in [-0.15, -0.1) is 11.3 Å². The molecule has 0 saturated carbocycles. The maximum absolute atomic E-state index is 12.0. The highest BCUT2D eigenvalue weighted by molar-refractivity contribution is 14.1. The topological polar surface area (TPSA) is 17.1 Å². The van der Waals surface area contributed by atoms with Gasteiger partial charge in [-0.3, -0.25) is 4.79 Å². The van der Waals surface area contributed by atoms with Crippen LogP contribution >= 0.6 is 49.9 Å². The van der Waals surface area contributed by atoms with Crippen LogP contribution in [0.25, 0.3) is 0 Å². The molecule has 0 aliphatic rings. The van der Waals surface area contributed by atoms with Gasteiger partial charge in [0.25, 0.3) is 0 Å². The van der Waals surface area contributed by atoms with Crippen molar-refractivity contribution in [2.75, 3.05) is 0 Å². The summed E-state index contributed by atoms with van der Waals surface area (Å²) in [6.07, 6.45) is 0. The summed E-state index contributed by atoms with van der Waals surface area (Å²) in [7, 11) is 0. The molecule has 0 bridgehead atoms. The van der Waals surface area contributed by atoms with Crippen molar-refractivity contribution in [3.05, 3.63) is 54.2 Å². The lowest BCUT2D eigenvalue weighted by atomic mass is 10.1. The number of ketones is 1. The molecule has 1 heterocycles. The van der Waals surface area contributed by atoms with Crippen LogP contribution in [-0.4, -0.2) is 5.78 Å². The van der Waals surface area contributed by atoms with E-state index in [0.717, 1.165) is 18.5 Å². The van der Waals surface area contributed by atoms with Gasteiger partial charge in [0, 0.05) is 21.0 Å². The van der Waals surface area contributed by atoms with E-state index >= 15 is 0 Å². The number of carbonyl (C=O) groups is 1. The minimum atomic E-state index is 0.0849. The van der Waals surface area contributed by atoms with Gasteiger partial charge in [0.15, 0.2) is 5.78 Å². The average Bonchev–Trinajstić information content (AvgIpc) is 2.65. The van der Waals surface area contributed by atoms with Crippen LogP contribution in [0.15, 0.2) is 40.2 Å². The molecular weight excluding hydrogens is 387 g/mol. The molecule has 0 saturated heterocycles. The molecule has 0 aliphatic heterocycles. The number of rotatable bonds is 2. The highest BCUT2D eigenvalue weighted by atomic mass is 127. The largest absolute Gasteiger partial charge is 0.289 e. The number of halogens is 2. The zero-order valence-corrected chi connectivity index (χ0v) is 12.1. The van der Waals surface area contributed by atoms with Gasteiger partial charge in [-0.05, 0) is 52.9 Å². The molecule has 0 atom stereocenters. The third-order valence-corrected chi connectivity index (χ3v) is 4.25. The summed E-state index contributed by atoms with van der Waals surface area (Å²) >= 11 is 7.15.